The van der Waals surface area contributed by atoms with E-state index < -0.39 is 0 Å². The molecule has 2 N–H and O–H groups in total. The molecule has 0 saturated carbocycles. The molecule has 0 fully saturated rings. The second kappa shape index (κ2) is 10.4. The van der Waals surface area contributed by atoms with Gasteiger partial charge in [0.1, 0.15) is 0 Å². The van der Waals surface area contributed by atoms with E-state index in [-0.39, 0.29) is 24.9 Å². The van der Waals surface area contributed by atoms with Crippen molar-refractivity contribution in [1.82, 2.24) is 10.3 Å². The Morgan fingerprint density at radius 1 is 0.931 bits per heavy atom. The fourth-order valence-corrected chi connectivity index (χ4v) is 2.98. The van der Waals surface area contributed by atoms with Gasteiger partial charge in [0.05, 0.1) is 12.2 Å². The normalized spacial score (nSPS) is 10.2. The monoisotopic (exact) mass is 452 g/mol. The van der Waals surface area contributed by atoms with Crippen molar-refractivity contribution in [1.29, 1.82) is 0 Å². The summed E-state index contributed by atoms with van der Waals surface area (Å²) in [5.41, 5.74) is 2.26. The first-order valence-corrected chi connectivity index (χ1v) is 9.97. The Labute approximate surface area is 178 Å². The first kappa shape index (κ1) is 20.5. The highest BCUT2D eigenvalue weighted by molar-refractivity contribution is 9.10. The van der Waals surface area contributed by atoms with Crippen molar-refractivity contribution in [3.05, 3.63) is 89.2 Å². The Morgan fingerprint density at radius 3 is 2.34 bits per heavy atom. The van der Waals surface area contributed by atoms with Crippen LogP contribution in [0.15, 0.2) is 83.5 Å². The highest BCUT2D eigenvalue weighted by atomic mass is 79.9. The number of hydrogen-bond acceptors (Lipinski definition) is 3. The van der Waals surface area contributed by atoms with Crippen LogP contribution in [-0.4, -0.2) is 23.5 Å². The lowest BCUT2D eigenvalue weighted by Gasteiger charge is -2.23. The van der Waals surface area contributed by atoms with E-state index >= 15 is 0 Å². The maximum Gasteiger partial charge on any atom is 0.319 e. The molecule has 3 rings (SSSR count). The predicted molar refractivity (Wildman–Crippen MR) is 118 cm³/mol. The number of carbonyl (C=O) groups is 2. The van der Waals surface area contributed by atoms with Crippen LogP contribution in [0.1, 0.15) is 12.1 Å². The van der Waals surface area contributed by atoms with Crippen molar-refractivity contribution in [2.45, 2.75) is 13.0 Å². The second-order valence-electron chi connectivity index (χ2n) is 6.27. The quantitative estimate of drug-likeness (QED) is 0.550. The molecule has 3 amide bonds. The van der Waals surface area contributed by atoms with Gasteiger partial charge in [-0.1, -0.05) is 40.2 Å². The van der Waals surface area contributed by atoms with Gasteiger partial charge in [-0.05, 0) is 48.5 Å². The molecule has 3 aromatic rings. The van der Waals surface area contributed by atoms with Crippen LogP contribution in [0.4, 0.5) is 16.2 Å². The summed E-state index contributed by atoms with van der Waals surface area (Å²) < 4.78 is 0.936. The second-order valence-corrected chi connectivity index (χ2v) is 7.19. The molecule has 0 atom stereocenters. The lowest BCUT2D eigenvalue weighted by Crippen LogP contribution is -2.35. The van der Waals surface area contributed by atoms with Crippen LogP contribution in [-0.2, 0) is 11.3 Å². The fraction of sp³-hybridized carbons (Fsp3) is 0.136. The molecule has 148 valence electrons. The number of para-hydroxylation sites is 1. The van der Waals surface area contributed by atoms with Crippen molar-refractivity contribution >= 4 is 39.2 Å². The van der Waals surface area contributed by atoms with Crippen molar-refractivity contribution in [3.63, 3.8) is 0 Å². The summed E-state index contributed by atoms with van der Waals surface area (Å²) in [6.45, 7) is 0.588. The first-order chi connectivity index (χ1) is 14.1. The van der Waals surface area contributed by atoms with Crippen molar-refractivity contribution in [2.24, 2.45) is 0 Å². The Hall–Kier alpha value is -3.19. The number of halogens is 1. The molecule has 1 heterocycles. The number of hydrogen-bond donors (Lipinski definition) is 2. The fourth-order valence-electron chi connectivity index (χ4n) is 2.71. The highest BCUT2D eigenvalue weighted by Gasteiger charge is 2.17. The smallest absolute Gasteiger partial charge is 0.319 e. The van der Waals surface area contributed by atoms with Gasteiger partial charge < -0.3 is 15.5 Å². The zero-order valence-electron chi connectivity index (χ0n) is 15.7. The minimum Gasteiger partial charge on any atom is -0.337 e. The molecule has 0 aliphatic heterocycles. The van der Waals surface area contributed by atoms with E-state index in [2.05, 4.69) is 31.5 Å². The van der Waals surface area contributed by atoms with E-state index in [1.165, 1.54) is 0 Å². The Morgan fingerprint density at radius 2 is 1.66 bits per heavy atom. The molecule has 0 bridgehead atoms. The van der Waals surface area contributed by atoms with Crippen LogP contribution in [0, 0.1) is 0 Å². The number of amides is 3. The van der Waals surface area contributed by atoms with E-state index in [0.717, 1.165) is 15.9 Å². The largest absolute Gasteiger partial charge is 0.337 e. The summed E-state index contributed by atoms with van der Waals surface area (Å²) in [6.07, 6.45) is 1.88. The average Bonchev–Trinajstić information content (AvgIpc) is 2.74. The molecule has 0 aliphatic carbocycles. The van der Waals surface area contributed by atoms with Gasteiger partial charge >= 0.3 is 6.03 Å². The number of urea groups is 1. The van der Waals surface area contributed by atoms with Gasteiger partial charge in [-0.25, -0.2) is 4.79 Å². The van der Waals surface area contributed by atoms with Crippen LogP contribution in [0.25, 0.3) is 0 Å². The van der Waals surface area contributed by atoms with E-state index in [1.54, 1.807) is 23.2 Å². The van der Waals surface area contributed by atoms with Crippen molar-refractivity contribution in [3.8, 4) is 0 Å². The van der Waals surface area contributed by atoms with Gasteiger partial charge in [0.2, 0.25) is 5.91 Å². The molecule has 6 nitrogen and oxygen atoms in total. The molecule has 7 heteroatoms. The Balaban J connectivity index is 1.60. The van der Waals surface area contributed by atoms with Crippen LogP contribution < -0.4 is 15.5 Å². The minimum absolute atomic E-state index is 0.0991. The number of carbonyl (C=O) groups excluding carboxylic acids is 2. The number of rotatable bonds is 7. The molecule has 0 saturated heterocycles. The molecule has 0 aliphatic rings. The summed E-state index contributed by atoms with van der Waals surface area (Å²) in [7, 11) is 0. The third kappa shape index (κ3) is 6.43. The molecule has 1 aromatic heterocycles. The van der Waals surface area contributed by atoms with Gasteiger partial charge in [-0.15, -0.1) is 0 Å². The highest BCUT2D eigenvalue weighted by Crippen LogP contribution is 2.21. The molecular formula is C22H21BrN4O2. The number of nitrogens with zero attached hydrogens (tertiary/aromatic N) is 2. The number of pyridine rings is 1. The van der Waals surface area contributed by atoms with Gasteiger partial charge in [-0.2, -0.15) is 0 Å². The zero-order chi connectivity index (χ0) is 20.5. The van der Waals surface area contributed by atoms with Crippen LogP contribution >= 0.6 is 15.9 Å². The van der Waals surface area contributed by atoms with Crippen molar-refractivity contribution in [2.75, 3.05) is 16.8 Å². The van der Waals surface area contributed by atoms with Gasteiger partial charge in [0.15, 0.2) is 0 Å². The number of nitrogens with one attached hydrogen (secondary N) is 2. The van der Waals surface area contributed by atoms with Crippen LogP contribution in [0.2, 0.25) is 0 Å². The Kier molecular flexibility index (Phi) is 7.35. The molecule has 0 spiro atoms. The summed E-state index contributed by atoms with van der Waals surface area (Å²) in [4.78, 5) is 30.9. The summed E-state index contributed by atoms with van der Waals surface area (Å²) >= 11 is 3.41. The maximum atomic E-state index is 12.9. The van der Waals surface area contributed by atoms with E-state index in [4.69, 9.17) is 0 Å². The maximum absolute atomic E-state index is 12.9. The molecule has 0 unspecified atom stereocenters. The molecular weight excluding hydrogens is 432 g/mol. The molecule has 29 heavy (non-hydrogen) atoms. The molecule has 0 radical (unpaired) electrons. The SMILES string of the molecule is O=C(NCCC(=O)N(Cc1ccccn1)c1ccc(Br)cc1)Nc1ccccc1. The lowest BCUT2D eigenvalue weighted by molar-refractivity contribution is -0.118. The third-order valence-corrected chi connectivity index (χ3v) is 4.67. The van der Waals surface area contributed by atoms with Gasteiger partial charge in [0.25, 0.3) is 0 Å². The lowest BCUT2D eigenvalue weighted by atomic mass is 10.2. The summed E-state index contributed by atoms with van der Waals surface area (Å²) in [5, 5.41) is 5.45. The van der Waals surface area contributed by atoms with E-state index in [0.29, 0.717) is 12.2 Å². The van der Waals surface area contributed by atoms with Gasteiger partial charge in [0, 0.05) is 35.0 Å². The number of benzene rings is 2. The number of aromatic nitrogens is 1. The average molecular weight is 453 g/mol. The van der Waals surface area contributed by atoms with Crippen LogP contribution in [0.3, 0.4) is 0 Å². The minimum atomic E-state index is -0.344. The standard InChI is InChI=1S/C22H21BrN4O2/c23-17-9-11-20(12-10-17)27(16-19-8-4-5-14-24-19)21(28)13-15-25-22(29)26-18-6-2-1-3-7-18/h1-12,14H,13,15-16H2,(H2,25,26,29). The first-order valence-electron chi connectivity index (χ1n) is 9.17. The summed E-state index contributed by atoms with van der Waals surface area (Å²) in [6, 6.07) is 21.9. The third-order valence-electron chi connectivity index (χ3n) is 4.14. The van der Waals surface area contributed by atoms with Gasteiger partial charge in [-0.3, -0.25) is 9.78 Å². The van der Waals surface area contributed by atoms with E-state index in [9.17, 15) is 9.59 Å². The van der Waals surface area contributed by atoms with Crippen LogP contribution in [0.5, 0.6) is 0 Å². The number of anilines is 2. The zero-order valence-corrected chi connectivity index (χ0v) is 17.3. The predicted octanol–water partition coefficient (Wildman–Crippen LogP) is 4.59. The topological polar surface area (TPSA) is 74.3 Å². The van der Waals surface area contributed by atoms with Crippen molar-refractivity contribution < 1.29 is 9.59 Å². The molecule has 2 aromatic carbocycles. The Bertz CT molecular complexity index is 934. The summed E-state index contributed by atoms with van der Waals surface area (Å²) in [5.74, 6) is -0.0991. The van der Waals surface area contributed by atoms with E-state index in [1.807, 2.05) is 60.7 Å².